The van der Waals surface area contributed by atoms with Gasteiger partial charge in [0.25, 0.3) is 0 Å². The second-order valence-corrected chi connectivity index (χ2v) is 8.32. The molecule has 4 atom stereocenters. The number of halogens is 2. The van der Waals surface area contributed by atoms with Crippen molar-refractivity contribution in [1.82, 2.24) is 4.90 Å². The Labute approximate surface area is 107 Å². The van der Waals surface area contributed by atoms with E-state index in [0.29, 0.717) is 12.1 Å². The molecule has 5 heteroatoms. The molecule has 3 nitrogen and oxygen atoms in total. The van der Waals surface area contributed by atoms with Crippen LogP contribution in [0.2, 0.25) is 0 Å². The number of hydrogen-bond acceptors (Lipinski definition) is 2. The van der Waals surface area contributed by atoms with Crippen molar-refractivity contribution in [1.29, 1.82) is 0 Å². The highest BCUT2D eigenvalue weighted by molar-refractivity contribution is 9.13. The summed E-state index contributed by atoms with van der Waals surface area (Å²) in [6, 6.07) is 0.708. The first-order valence-electron chi connectivity index (χ1n) is 5.04. The van der Waals surface area contributed by atoms with Crippen LogP contribution in [-0.2, 0) is 4.74 Å². The Morgan fingerprint density at radius 2 is 1.67 bits per heavy atom. The van der Waals surface area contributed by atoms with Gasteiger partial charge < -0.3 is 4.74 Å². The van der Waals surface area contributed by atoms with E-state index in [4.69, 9.17) is 4.74 Å². The van der Waals surface area contributed by atoms with E-state index in [1.54, 1.807) is 0 Å². The molecule has 1 saturated heterocycles. The highest BCUT2D eigenvalue weighted by Gasteiger charge is 2.63. The lowest BCUT2D eigenvalue weighted by molar-refractivity contribution is 0.150. The van der Waals surface area contributed by atoms with Gasteiger partial charge in [-0.1, -0.05) is 31.9 Å². The second kappa shape index (κ2) is 3.36. The number of nitrogens with zero attached hydrogens (tertiary/aromatic N) is 1. The summed E-state index contributed by atoms with van der Waals surface area (Å²) in [4.78, 5) is 13.3. The number of fused-ring (bicyclic) bond motifs is 1. The molecule has 15 heavy (non-hydrogen) atoms. The number of alkyl halides is 2. The van der Waals surface area contributed by atoms with E-state index in [-0.39, 0.29) is 14.7 Å². The molecule has 0 spiro atoms. The van der Waals surface area contributed by atoms with Crippen LogP contribution in [0.4, 0.5) is 4.79 Å². The third-order valence-corrected chi connectivity index (χ3v) is 6.66. The van der Waals surface area contributed by atoms with E-state index in [9.17, 15) is 4.79 Å². The Hall–Kier alpha value is 0.230. The maximum Gasteiger partial charge on any atom is 0.410 e. The molecule has 1 saturated carbocycles. The maximum absolute atomic E-state index is 11.4. The Balaban J connectivity index is 2.12. The van der Waals surface area contributed by atoms with E-state index in [2.05, 4.69) is 45.7 Å². The molecule has 0 bridgehead atoms. The quantitative estimate of drug-likeness (QED) is 0.501. The van der Waals surface area contributed by atoms with E-state index >= 15 is 0 Å². The largest absolute Gasteiger partial charge is 0.453 e. The average Bonchev–Trinajstić information content (AvgIpc) is 2.74. The first-order valence-corrected chi connectivity index (χ1v) is 6.63. The van der Waals surface area contributed by atoms with Crippen molar-refractivity contribution in [2.75, 3.05) is 7.11 Å². The summed E-state index contributed by atoms with van der Waals surface area (Å²) in [5.41, 5.74) is 0. The first kappa shape index (κ1) is 11.7. The number of amides is 1. The molecule has 2 aliphatic rings. The number of hydrogen-bond donors (Lipinski definition) is 0. The smallest absolute Gasteiger partial charge is 0.410 e. The van der Waals surface area contributed by atoms with Gasteiger partial charge in [0.05, 0.1) is 19.2 Å². The van der Waals surface area contributed by atoms with Gasteiger partial charge in [-0.25, -0.2) is 4.79 Å². The zero-order chi connectivity index (χ0) is 11.4. The second-order valence-electron chi connectivity index (χ2n) is 4.82. The monoisotopic (exact) mass is 339 g/mol. The zero-order valence-electron chi connectivity index (χ0n) is 9.09. The fourth-order valence-electron chi connectivity index (χ4n) is 2.39. The summed E-state index contributed by atoms with van der Waals surface area (Å²) in [7, 11) is 1.44. The van der Waals surface area contributed by atoms with Crippen LogP contribution >= 0.6 is 31.9 Å². The van der Waals surface area contributed by atoms with Gasteiger partial charge in [-0.05, 0) is 26.7 Å². The summed E-state index contributed by atoms with van der Waals surface area (Å²) >= 11 is 7.51. The van der Waals surface area contributed by atoms with Crippen molar-refractivity contribution >= 4 is 38.0 Å². The van der Waals surface area contributed by atoms with Crippen molar-refractivity contribution < 1.29 is 9.53 Å². The number of carbonyl (C=O) groups excluding carboxylic acids is 1. The highest BCUT2D eigenvalue weighted by atomic mass is 79.9. The van der Waals surface area contributed by atoms with Crippen LogP contribution in [0.5, 0.6) is 0 Å². The summed E-state index contributed by atoms with van der Waals surface area (Å²) in [5.74, 6) is 0. The van der Waals surface area contributed by atoms with Crippen LogP contribution in [0.1, 0.15) is 26.7 Å². The van der Waals surface area contributed by atoms with Crippen LogP contribution in [0.25, 0.3) is 0 Å². The Morgan fingerprint density at radius 3 is 2.00 bits per heavy atom. The minimum atomic E-state index is -0.196. The van der Waals surface area contributed by atoms with Crippen molar-refractivity contribution in [3.05, 3.63) is 0 Å². The van der Waals surface area contributed by atoms with Gasteiger partial charge in [0.1, 0.15) is 0 Å². The van der Waals surface area contributed by atoms with Crippen LogP contribution in [0, 0.1) is 0 Å². The van der Waals surface area contributed by atoms with Gasteiger partial charge in [-0.3, -0.25) is 4.90 Å². The molecule has 2 fully saturated rings. The van der Waals surface area contributed by atoms with E-state index in [1.165, 1.54) is 7.11 Å². The average molecular weight is 341 g/mol. The number of methoxy groups -OCH3 is 1. The molecule has 86 valence electrons. The SMILES string of the molecule is COC(=O)N1[C@@H]2C[C@](C)(Br)[C@@](C)(Br)C[C@H]21. The number of rotatable bonds is 0. The third kappa shape index (κ3) is 1.71. The van der Waals surface area contributed by atoms with Crippen molar-refractivity contribution in [2.45, 2.75) is 47.4 Å². The minimum Gasteiger partial charge on any atom is -0.453 e. The standard InChI is InChI=1S/C10H15Br2NO2/c1-9(11)4-6-7(5-10(9,2)12)13(6)8(14)15-3/h6-7H,4-5H2,1-3H3/t6-,7-,9+,10+/m1/s1. The Morgan fingerprint density at radius 1 is 1.27 bits per heavy atom. The predicted molar refractivity (Wildman–Crippen MR) is 65.7 cm³/mol. The molecule has 1 aliphatic heterocycles. The lowest BCUT2D eigenvalue weighted by Crippen LogP contribution is -2.45. The normalized spacial score (nSPS) is 48.5. The molecule has 1 amide bonds. The zero-order valence-corrected chi connectivity index (χ0v) is 12.3. The minimum absolute atomic E-state index is 0.0317. The fraction of sp³-hybridized carbons (Fsp3) is 0.900. The number of carbonyl (C=O) groups is 1. The molecule has 0 aromatic heterocycles. The summed E-state index contributed by atoms with van der Waals surface area (Å²) in [5, 5.41) is 0. The van der Waals surface area contributed by atoms with Gasteiger partial charge in [0.15, 0.2) is 0 Å². The maximum atomic E-state index is 11.4. The van der Waals surface area contributed by atoms with Crippen molar-refractivity contribution in [3.63, 3.8) is 0 Å². The summed E-state index contributed by atoms with van der Waals surface area (Å²) in [6.45, 7) is 4.34. The van der Waals surface area contributed by atoms with Gasteiger partial charge in [0, 0.05) is 8.65 Å². The van der Waals surface area contributed by atoms with Gasteiger partial charge >= 0.3 is 6.09 Å². The molecule has 0 radical (unpaired) electrons. The topological polar surface area (TPSA) is 29.3 Å². The van der Waals surface area contributed by atoms with Crippen LogP contribution in [0.3, 0.4) is 0 Å². The molecule has 0 aromatic rings. The molecule has 1 aliphatic carbocycles. The summed E-state index contributed by atoms with van der Waals surface area (Å²) in [6.07, 6.45) is 1.74. The van der Waals surface area contributed by atoms with E-state index in [1.807, 2.05) is 4.90 Å². The molecule has 1 heterocycles. The Kier molecular flexibility index (Phi) is 2.62. The van der Waals surface area contributed by atoms with Crippen molar-refractivity contribution in [2.24, 2.45) is 0 Å². The fourth-order valence-corrected chi connectivity index (χ4v) is 3.38. The van der Waals surface area contributed by atoms with Crippen LogP contribution < -0.4 is 0 Å². The molecular weight excluding hydrogens is 326 g/mol. The predicted octanol–water partition coefficient (Wildman–Crippen LogP) is 2.91. The van der Waals surface area contributed by atoms with Crippen LogP contribution in [0.15, 0.2) is 0 Å². The third-order valence-electron chi connectivity index (χ3n) is 3.73. The number of ether oxygens (including phenoxy) is 1. The van der Waals surface area contributed by atoms with Crippen LogP contribution in [-0.4, -0.2) is 38.8 Å². The van der Waals surface area contributed by atoms with Gasteiger partial charge in [-0.2, -0.15) is 0 Å². The van der Waals surface area contributed by atoms with Gasteiger partial charge in [-0.15, -0.1) is 0 Å². The molecule has 0 N–H and O–H groups in total. The van der Waals surface area contributed by atoms with E-state index in [0.717, 1.165) is 12.8 Å². The van der Waals surface area contributed by atoms with Gasteiger partial charge in [0.2, 0.25) is 0 Å². The van der Waals surface area contributed by atoms with Crippen molar-refractivity contribution in [3.8, 4) is 0 Å². The summed E-state index contributed by atoms with van der Waals surface area (Å²) < 4.78 is 4.82. The lowest BCUT2D eigenvalue weighted by Gasteiger charge is -2.40. The van der Waals surface area contributed by atoms with E-state index < -0.39 is 0 Å². The first-order chi connectivity index (χ1) is 6.80. The highest BCUT2D eigenvalue weighted by Crippen LogP contribution is 2.56. The molecule has 0 aromatic carbocycles. The molecular formula is C10H15Br2NO2. The molecule has 2 rings (SSSR count). The lowest BCUT2D eigenvalue weighted by atomic mass is 9.81. The Bertz CT molecular complexity index is 282. The molecule has 0 unspecified atom stereocenters. The number of likely N-dealkylation sites (tertiary alicyclic amines) is 1.